The van der Waals surface area contributed by atoms with Gasteiger partial charge in [-0.15, -0.1) is 0 Å². The van der Waals surface area contributed by atoms with Gasteiger partial charge in [-0.05, 0) is 48.9 Å². The number of aryl methyl sites for hydroxylation is 1. The van der Waals surface area contributed by atoms with E-state index in [0.717, 1.165) is 16.7 Å². The van der Waals surface area contributed by atoms with Gasteiger partial charge in [-0.1, -0.05) is 36.4 Å². The molecule has 0 amide bonds. The van der Waals surface area contributed by atoms with Crippen LogP contribution in [0.1, 0.15) is 52.7 Å². The van der Waals surface area contributed by atoms with Crippen molar-refractivity contribution in [1.29, 1.82) is 0 Å². The van der Waals surface area contributed by atoms with Crippen LogP contribution in [0, 0.1) is 12.3 Å². The predicted molar refractivity (Wildman–Crippen MR) is 106 cm³/mol. The minimum Gasteiger partial charge on any atom is -0.491 e. The summed E-state index contributed by atoms with van der Waals surface area (Å²) in [6.07, 6.45) is 0.324. The molecule has 0 saturated heterocycles. The summed E-state index contributed by atoms with van der Waals surface area (Å²) in [5, 5.41) is 18.2. The molecule has 0 saturated carbocycles. The van der Waals surface area contributed by atoms with E-state index in [2.05, 4.69) is 0 Å². The molecule has 6 heteroatoms. The van der Waals surface area contributed by atoms with Crippen LogP contribution in [0.15, 0.2) is 42.5 Å². The maximum Gasteiger partial charge on any atom is 0.303 e. The average Bonchev–Trinajstić information content (AvgIpc) is 2.68. The topological polar surface area (TPSA) is 101 Å². The molecule has 0 unspecified atom stereocenters. The first-order valence-electron chi connectivity index (χ1n) is 9.59. The SMILES string of the molecule is Cc1cc(Cc2ccccc2)cc2c1OCC(CCC(=O)O)(CCC(=O)O)C2=O. The molecule has 0 radical (unpaired) electrons. The molecule has 2 aromatic rings. The molecule has 0 bridgehead atoms. The van der Waals surface area contributed by atoms with Gasteiger partial charge in [-0.25, -0.2) is 0 Å². The summed E-state index contributed by atoms with van der Waals surface area (Å²) >= 11 is 0. The molecule has 1 heterocycles. The van der Waals surface area contributed by atoms with E-state index in [9.17, 15) is 14.4 Å². The number of carboxylic acids is 2. The fourth-order valence-corrected chi connectivity index (χ4v) is 3.89. The summed E-state index contributed by atoms with van der Waals surface area (Å²) in [6.45, 7) is 1.88. The van der Waals surface area contributed by atoms with Gasteiger partial charge in [0.2, 0.25) is 0 Å². The molecule has 0 aromatic heterocycles. The highest BCUT2D eigenvalue weighted by molar-refractivity contribution is 6.04. The third kappa shape index (κ3) is 4.65. The lowest BCUT2D eigenvalue weighted by molar-refractivity contribution is -0.137. The molecule has 152 valence electrons. The maximum atomic E-state index is 13.5. The number of carbonyl (C=O) groups is 3. The summed E-state index contributed by atoms with van der Waals surface area (Å²) in [5.74, 6) is -1.76. The lowest BCUT2D eigenvalue weighted by Crippen LogP contribution is -2.42. The summed E-state index contributed by atoms with van der Waals surface area (Å²) in [4.78, 5) is 35.7. The number of ether oxygens (including phenoxy) is 1. The lowest BCUT2D eigenvalue weighted by Gasteiger charge is -2.37. The Balaban J connectivity index is 1.96. The van der Waals surface area contributed by atoms with E-state index in [4.69, 9.17) is 14.9 Å². The van der Waals surface area contributed by atoms with Gasteiger partial charge in [0, 0.05) is 12.8 Å². The molecular weight excluding hydrogens is 372 g/mol. The van der Waals surface area contributed by atoms with Crippen molar-refractivity contribution in [3.8, 4) is 5.75 Å². The molecule has 0 spiro atoms. The quantitative estimate of drug-likeness (QED) is 0.702. The van der Waals surface area contributed by atoms with Crippen LogP contribution in [-0.2, 0) is 16.0 Å². The zero-order valence-electron chi connectivity index (χ0n) is 16.3. The Morgan fingerprint density at radius 2 is 1.62 bits per heavy atom. The van der Waals surface area contributed by atoms with Crippen molar-refractivity contribution >= 4 is 17.7 Å². The van der Waals surface area contributed by atoms with E-state index >= 15 is 0 Å². The van der Waals surface area contributed by atoms with Crippen LogP contribution in [0.4, 0.5) is 0 Å². The smallest absolute Gasteiger partial charge is 0.303 e. The molecule has 3 rings (SSSR count). The van der Waals surface area contributed by atoms with Gasteiger partial charge >= 0.3 is 11.9 Å². The second-order valence-electron chi connectivity index (χ2n) is 7.64. The van der Waals surface area contributed by atoms with Gasteiger partial charge < -0.3 is 14.9 Å². The van der Waals surface area contributed by atoms with Gasteiger partial charge in [0.25, 0.3) is 0 Å². The molecule has 0 aliphatic carbocycles. The number of aliphatic carboxylic acids is 2. The minimum absolute atomic E-state index is 0.00172. The largest absolute Gasteiger partial charge is 0.491 e. The Bertz CT molecular complexity index is 914. The predicted octanol–water partition coefficient (Wildman–Crippen LogP) is 3.88. The Labute approximate surface area is 169 Å². The van der Waals surface area contributed by atoms with E-state index in [-0.39, 0.29) is 38.1 Å². The van der Waals surface area contributed by atoms with Crippen molar-refractivity contribution in [2.75, 3.05) is 6.61 Å². The molecule has 1 aliphatic rings. The Morgan fingerprint density at radius 3 is 2.21 bits per heavy atom. The number of hydrogen-bond donors (Lipinski definition) is 2. The van der Waals surface area contributed by atoms with Crippen molar-refractivity contribution < 1.29 is 29.3 Å². The number of benzene rings is 2. The summed E-state index contributed by atoms with van der Waals surface area (Å²) in [5.41, 5.74) is 2.18. The molecule has 29 heavy (non-hydrogen) atoms. The Kier molecular flexibility index (Phi) is 6.01. The van der Waals surface area contributed by atoms with Crippen LogP contribution >= 0.6 is 0 Å². The van der Waals surface area contributed by atoms with Crippen LogP contribution < -0.4 is 4.74 Å². The van der Waals surface area contributed by atoms with Crippen molar-refractivity contribution in [2.24, 2.45) is 5.41 Å². The highest BCUT2D eigenvalue weighted by atomic mass is 16.5. The van der Waals surface area contributed by atoms with Crippen molar-refractivity contribution in [1.82, 2.24) is 0 Å². The summed E-state index contributed by atoms with van der Waals surface area (Å²) in [7, 11) is 0. The molecule has 0 fully saturated rings. The normalized spacial score (nSPS) is 14.7. The average molecular weight is 396 g/mol. The molecule has 2 aromatic carbocycles. The monoisotopic (exact) mass is 396 g/mol. The van der Waals surface area contributed by atoms with Crippen LogP contribution in [0.5, 0.6) is 5.75 Å². The summed E-state index contributed by atoms with van der Waals surface area (Å²) in [6, 6.07) is 13.7. The zero-order valence-corrected chi connectivity index (χ0v) is 16.3. The second kappa shape index (κ2) is 8.47. The number of carboxylic acid groups (broad SMARTS) is 2. The maximum absolute atomic E-state index is 13.5. The number of hydrogen-bond acceptors (Lipinski definition) is 4. The Hall–Kier alpha value is -3.15. The zero-order chi connectivity index (χ0) is 21.0. The van der Waals surface area contributed by atoms with Gasteiger partial charge in [0.15, 0.2) is 5.78 Å². The fourth-order valence-electron chi connectivity index (χ4n) is 3.89. The molecular formula is C23H24O6. The number of rotatable bonds is 8. The van der Waals surface area contributed by atoms with Gasteiger partial charge in [0.05, 0.1) is 11.0 Å². The van der Waals surface area contributed by atoms with Gasteiger partial charge in [0.1, 0.15) is 12.4 Å². The highest BCUT2D eigenvalue weighted by Crippen LogP contribution is 2.43. The first-order valence-corrected chi connectivity index (χ1v) is 9.59. The van der Waals surface area contributed by atoms with Crippen LogP contribution in [0.2, 0.25) is 0 Å². The summed E-state index contributed by atoms with van der Waals surface area (Å²) < 4.78 is 5.90. The number of Topliss-reactive ketones (excluding diaryl/α,β-unsaturated/α-hetero) is 1. The molecule has 0 atom stereocenters. The number of ketones is 1. The third-order valence-corrected chi connectivity index (χ3v) is 5.44. The third-order valence-electron chi connectivity index (χ3n) is 5.44. The van der Waals surface area contributed by atoms with Crippen LogP contribution in [0.25, 0.3) is 0 Å². The van der Waals surface area contributed by atoms with Gasteiger partial charge in [-0.3, -0.25) is 14.4 Å². The standard InChI is InChI=1S/C23H24O6/c1-15-11-17(12-16-5-3-2-4-6-16)13-18-21(15)29-14-23(22(18)28,9-7-19(24)25)10-8-20(26)27/h2-6,11,13H,7-10,12,14H2,1H3,(H,24,25)(H,26,27). The van der Waals surface area contributed by atoms with Crippen molar-refractivity contribution in [2.45, 2.75) is 39.0 Å². The lowest BCUT2D eigenvalue weighted by atomic mass is 9.72. The number of carbonyl (C=O) groups excluding carboxylic acids is 1. The van der Waals surface area contributed by atoms with E-state index < -0.39 is 17.4 Å². The Morgan fingerprint density at radius 1 is 1.00 bits per heavy atom. The first-order chi connectivity index (χ1) is 13.8. The number of fused-ring (bicyclic) bond motifs is 1. The molecule has 1 aliphatic heterocycles. The molecule has 2 N–H and O–H groups in total. The minimum atomic E-state index is -1.14. The second-order valence-corrected chi connectivity index (χ2v) is 7.64. The van der Waals surface area contributed by atoms with E-state index in [1.807, 2.05) is 43.3 Å². The molecule has 6 nitrogen and oxygen atoms in total. The van der Waals surface area contributed by atoms with Crippen LogP contribution in [-0.4, -0.2) is 34.5 Å². The van der Waals surface area contributed by atoms with Crippen molar-refractivity contribution in [3.63, 3.8) is 0 Å². The van der Waals surface area contributed by atoms with E-state index in [1.54, 1.807) is 6.07 Å². The fraction of sp³-hybridized carbons (Fsp3) is 0.348. The van der Waals surface area contributed by atoms with E-state index in [0.29, 0.717) is 17.7 Å². The van der Waals surface area contributed by atoms with Crippen LogP contribution in [0.3, 0.4) is 0 Å². The van der Waals surface area contributed by atoms with Gasteiger partial charge in [-0.2, -0.15) is 0 Å². The first kappa shape index (κ1) is 20.6. The van der Waals surface area contributed by atoms with E-state index in [1.165, 1.54) is 0 Å². The highest BCUT2D eigenvalue weighted by Gasteiger charge is 2.44. The van der Waals surface area contributed by atoms with Crippen molar-refractivity contribution in [3.05, 3.63) is 64.7 Å².